The number of nitrogens with one attached hydrogen (secondary N) is 1. The van der Waals surface area contributed by atoms with Gasteiger partial charge in [-0.15, -0.1) is 0 Å². The highest BCUT2D eigenvalue weighted by atomic mass is 16.6. The molecule has 0 spiro atoms. The van der Waals surface area contributed by atoms with Crippen molar-refractivity contribution in [3.63, 3.8) is 0 Å². The van der Waals surface area contributed by atoms with Gasteiger partial charge < -0.3 is 0 Å². The maximum atomic E-state index is 11.8. The van der Waals surface area contributed by atoms with E-state index >= 15 is 0 Å². The fraction of sp³-hybridized carbons (Fsp3) is 0.619. The lowest BCUT2D eigenvalue weighted by Crippen LogP contribution is -2.17. The molecule has 0 fully saturated rings. The highest BCUT2D eigenvalue weighted by Gasteiger charge is 2.10. The van der Waals surface area contributed by atoms with Gasteiger partial charge in [-0.05, 0) is 12.5 Å². The van der Waals surface area contributed by atoms with Gasteiger partial charge in [-0.2, -0.15) is 5.10 Å². The first-order valence-corrected chi connectivity index (χ1v) is 10.2. The molecule has 6 nitrogen and oxygen atoms in total. The molecule has 0 aliphatic heterocycles. The van der Waals surface area contributed by atoms with Crippen molar-refractivity contribution < 1.29 is 9.72 Å². The molecular weight excluding hydrogens is 342 g/mol. The van der Waals surface area contributed by atoms with Crippen LogP contribution in [0.25, 0.3) is 0 Å². The van der Waals surface area contributed by atoms with E-state index in [0.717, 1.165) is 12.8 Å². The van der Waals surface area contributed by atoms with Crippen molar-refractivity contribution >= 4 is 17.8 Å². The fourth-order valence-corrected chi connectivity index (χ4v) is 2.94. The summed E-state index contributed by atoms with van der Waals surface area (Å²) in [6, 6.07) is 6.30. The van der Waals surface area contributed by atoms with Crippen LogP contribution in [0.4, 0.5) is 5.69 Å². The summed E-state index contributed by atoms with van der Waals surface area (Å²) in [5.74, 6) is -0.152. The smallest absolute Gasteiger partial charge is 0.273 e. The Morgan fingerprint density at radius 3 is 2.15 bits per heavy atom. The monoisotopic (exact) mass is 375 g/mol. The summed E-state index contributed by atoms with van der Waals surface area (Å²) >= 11 is 0. The fourth-order valence-electron chi connectivity index (χ4n) is 2.94. The van der Waals surface area contributed by atoms with E-state index in [2.05, 4.69) is 17.5 Å². The molecule has 1 aromatic rings. The normalized spacial score (nSPS) is 11.0. The first kappa shape index (κ1) is 22.8. The Morgan fingerprint density at radius 1 is 1.00 bits per heavy atom. The topological polar surface area (TPSA) is 84.6 Å². The van der Waals surface area contributed by atoms with Crippen molar-refractivity contribution in [2.24, 2.45) is 5.10 Å². The number of carbonyl (C=O) groups is 1. The van der Waals surface area contributed by atoms with Crippen LogP contribution in [0.1, 0.15) is 89.5 Å². The lowest BCUT2D eigenvalue weighted by Gasteiger charge is -2.02. The number of unbranched alkanes of at least 4 members (excludes halogenated alkanes) is 10. The highest BCUT2D eigenvalue weighted by Crippen LogP contribution is 2.15. The summed E-state index contributed by atoms with van der Waals surface area (Å²) in [5.41, 5.74) is 2.79. The molecule has 1 aromatic carbocycles. The van der Waals surface area contributed by atoms with Crippen LogP contribution in [-0.4, -0.2) is 17.0 Å². The van der Waals surface area contributed by atoms with E-state index in [9.17, 15) is 14.9 Å². The molecule has 0 aromatic heterocycles. The minimum atomic E-state index is -0.464. The highest BCUT2D eigenvalue weighted by molar-refractivity contribution is 5.86. The first-order chi connectivity index (χ1) is 13.1. The van der Waals surface area contributed by atoms with Gasteiger partial charge in [0.05, 0.1) is 16.7 Å². The molecule has 0 heterocycles. The minimum Gasteiger partial charge on any atom is -0.273 e. The van der Waals surface area contributed by atoms with Crippen LogP contribution in [0.15, 0.2) is 29.4 Å². The summed E-state index contributed by atoms with van der Waals surface area (Å²) in [4.78, 5) is 22.2. The maximum Gasteiger partial charge on any atom is 0.278 e. The molecule has 1 rings (SSSR count). The number of amides is 1. The van der Waals surface area contributed by atoms with Crippen LogP contribution in [0.5, 0.6) is 0 Å². The molecule has 6 heteroatoms. The summed E-state index contributed by atoms with van der Waals surface area (Å²) in [6.07, 6.45) is 15.4. The Hall–Kier alpha value is -2.24. The molecule has 27 heavy (non-hydrogen) atoms. The minimum absolute atomic E-state index is 0.0270. The molecule has 0 saturated carbocycles. The lowest BCUT2D eigenvalue weighted by molar-refractivity contribution is -0.385. The number of hydrogen-bond acceptors (Lipinski definition) is 4. The average Bonchev–Trinajstić information content (AvgIpc) is 2.66. The Balaban J connectivity index is 2.06. The Morgan fingerprint density at radius 2 is 1.56 bits per heavy atom. The molecule has 0 bridgehead atoms. The molecule has 0 aliphatic rings. The number of nitrogens with zero attached hydrogens (tertiary/aromatic N) is 2. The first-order valence-electron chi connectivity index (χ1n) is 10.2. The van der Waals surface area contributed by atoms with Crippen molar-refractivity contribution in [2.45, 2.75) is 84.0 Å². The number of hydrazone groups is 1. The third-order valence-corrected chi connectivity index (χ3v) is 4.53. The molecule has 0 saturated heterocycles. The van der Waals surface area contributed by atoms with Crippen molar-refractivity contribution in [1.82, 2.24) is 5.43 Å². The van der Waals surface area contributed by atoms with Gasteiger partial charge in [0.25, 0.3) is 5.69 Å². The van der Waals surface area contributed by atoms with E-state index in [-0.39, 0.29) is 11.6 Å². The zero-order chi connectivity index (χ0) is 19.7. The van der Waals surface area contributed by atoms with Gasteiger partial charge in [-0.1, -0.05) is 83.3 Å². The van der Waals surface area contributed by atoms with Crippen LogP contribution in [-0.2, 0) is 4.79 Å². The Bertz CT molecular complexity index is 588. The number of nitro benzene ring substituents is 1. The van der Waals surface area contributed by atoms with Gasteiger partial charge in [0, 0.05) is 12.5 Å². The summed E-state index contributed by atoms with van der Waals surface area (Å²) in [5, 5.41) is 14.7. The maximum absolute atomic E-state index is 11.8. The van der Waals surface area contributed by atoms with Crippen molar-refractivity contribution in [1.29, 1.82) is 0 Å². The predicted octanol–water partition coefficient (Wildman–Crippen LogP) is 5.75. The Kier molecular flexibility index (Phi) is 12.6. The van der Waals surface area contributed by atoms with Crippen LogP contribution >= 0.6 is 0 Å². The molecule has 0 radical (unpaired) electrons. The number of benzene rings is 1. The summed E-state index contributed by atoms with van der Waals surface area (Å²) in [6.45, 7) is 2.24. The Labute approximate surface area is 162 Å². The number of carbonyl (C=O) groups excluding carboxylic acids is 1. The van der Waals surface area contributed by atoms with Crippen molar-refractivity contribution in [2.75, 3.05) is 0 Å². The average molecular weight is 376 g/mol. The van der Waals surface area contributed by atoms with Gasteiger partial charge in [-0.3, -0.25) is 14.9 Å². The number of para-hydroxylation sites is 1. The largest absolute Gasteiger partial charge is 0.278 e. The number of nitro groups is 1. The second-order valence-electron chi connectivity index (χ2n) is 6.89. The summed E-state index contributed by atoms with van der Waals surface area (Å²) < 4.78 is 0. The second kappa shape index (κ2) is 14.9. The van der Waals surface area contributed by atoms with Gasteiger partial charge >= 0.3 is 0 Å². The van der Waals surface area contributed by atoms with Crippen LogP contribution in [0, 0.1) is 10.1 Å². The lowest BCUT2D eigenvalue weighted by atomic mass is 10.1. The van der Waals surface area contributed by atoms with Gasteiger partial charge in [0.1, 0.15) is 0 Å². The molecule has 0 unspecified atom stereocenters. The molecule has 0 atom stereocenters. The number of hydrogen-bond donors (Lipinski definition) is 1. The van der Waals surface area contributed by atoms with Crippen LogP contribution < -0.4 is 5.43 Å². The van der Waals surface area contributed by atoms with Crippen molar-refractivity contribution in [3.05, 3.63) is 39.9 Å². The van der Waals surface area contributed by atoms with E-state index in [4.69, 9.17) is 0 Å². The number of rotatable bonds is 15. The molecule has 1 N–H and O–H groups in total. The van der Waals surface area contributed by atoms with E-state index in [1.165, 1.54) is 70.1 Å². The summed E-state index contributed by atoms with van der Waals surface area (Å²) in [7, 11) is 0. The molecular formula is C21H33N3O3. The van der Waals surface area contributed by atoms with E-state index in [1.54, 1.807) is 18.2 Å². The zero-order valence-electron chi connectivity index (χ0n) is 16.5. The molecule has 0 aliphatic carbocycles. The van der Waals surface area contributed by atoms with Crippen molar-refractivity contribution in [3.8, 4) is 0 Å². The predicted molar refractivity (Wildman–Crippen MR) is 110 cm³/mol. The van der Waals surface area contributed by atoms with E-state index in [1.807, 2.05) is 0 Å². The van der Waals surface area contributed by atoms with Crippen LogP contribution in [0.3, 0.4) is 0 Å². The quantitative estimate of drug-likeness (QED) is 0.183. The molecule has 1 amide bonds. The van der Waals surface area contributed by atoms with Crippen LogP contribution in [0.2, 0.25) is 0 Å². The SMILES string of the molecule is CCCCCCCCCCCCCC(=O)N/N=C/c1ccccc1[N+](=O)[O-]. The third kappa shape index (κ3) is 11.2. The van der Waals surface area contributed by atoms with Gasteiger partial charge in [0.2, 0.25) is 5.91 Å². The molecule has 150 valence electrons. The second-order valence-corrected chi connectivity index (χ2v) is 6.89. The van der Waals surface area contributed by atoms with E-state index < -0.39 is 4.92 Å². The zero-order valence-corrected chi connectivity index (χ0v) is 16.5. The standard InChI is InChI=1S/C21H33N3O3/c1-2-3-4-5-6-7-8-9-10-11-12-17-21(25)23-22-18-19-15-13-14-16-20(19)24(26)27/h13-16,18H,2-12,17H2,1H3,(H,23,25)/b22-18+. The third-order valence-electron chi connectivity index (χ3n) is 4.53. The van der Waals surface area contributed by atoms with Gasteiger partial charge in [0.15, 0.2) is 0 Å². The van der Waals surface area contributed by atoms with Gasteiger partial charge in [-0.25, -0.2) is 5.43 Å². The van der Waals surface area contributed by atoms with E-state index in [0.29, 0.717) is 12.0 Å².